The van der Waals surface area contributed by atoms with E-state index in [9.17, 15) is 18.0 Å². The van der Waals surface area contributed by atoms with Gasteiger partial charge in [-0.1, -0.05) is 65.9 Å². The largest absolute Gasteiger partial charge is 0.353 e. The summed E-state index contributed by atoms with van der Waals surface area (Å²) >= 11 is 0. The summed E-state index contributed by atoms with van der Waals surface area (Å²) < 4.78 is 29.8. The van der Waals surface area contributed by atoms with Gasteiger partial charge in [0.25, 0.3) is 0 Å². The Labute approximate surface area is 205 Å². The van der Waals surface area contributed by atoms with Crippen molar-refractivity contribution in [2.75, 3.05) is 16.8 Å². The SMILES string of the molecule is CCCCCCCCN1c2c(c(C)cc(C)c2NC(=O)C(C)(C)C)C[C@@H]1NS(=O)(=O)NC(C)=O. The molecule has 0 radical (unpaired) electrons. The zero-order chi connectivity index (χ0) is 25.7. The lowest BCUT2D eigenvalue weighted by atomic mass is 9.94. The van der Waals surface area contributed by atoms with E-state index in [0.717, 1.165) is 47.3 Å². The molecule has 0 spiro atoms. The van der Waals surface area contributed by atoms with Gasteiger partial charge in [0.2, 0.25) is 11.8 Å². The van der Waals surface area contributed by atoms with Gasteiger partial charge in [-0.2, -0.15) is 13.1 Å². The van der Waals surface area contributed by atoms with E-state index < -0.39 is 27.7 Å². The highest BCUT2D eigenvalue weighted by molar-refractivity contribution is 7.88. The van der Waals surface area contributed by atoms with Crippen LogP contribution in [0.4, 0.5) is 11.4 Å². The van der Waals surface area contributed by atoms with Crippen LogP contribution in [0.2, 0.25) is 0 Å². The number of carbonyl (C=O) groups is 2. The predicted octanol–water partition coefficient (Wildman–Crippen LogP) is 4.31. The normalized spacial score (nSPS) is 15.9. The highest BCUT2D eigenvalue weighted by Crippen LogP contribution is 2.43. The summed E-state index contributed by atoms with van der Waals surface area (Å²) in [5.74, 6) is -0.737. The monoisotopic (exact) mass is 494 g/mol. The van der Waals surface area contributed by atoms with Gasteiger partial charge >= 0.3 is 10.2 Å². The van der Waals surface area contributed by atoms with Gasteiger partial charge < -0.3 is 10.2 Å². The Morgan fingerprint density at radius 3 is 2.26 bits per heavy atom. The highest BCUT2D eigenvalue weighted by Gasteiger charge is 2.36. The van der Waals surface area contributed by atoms with Gasteiger partial charge in [-0.3, -0.25) is 9.59 Å². The molecule has 9 heteroatoms. The number of anilines is 2. The molecule has 34 heavy (non-hydrogen) atoms. The number of benzene rings is 1. The first-order valence-corrected chi connectivity index (χ1v) is 13.8. The lowest BCUT2D eigenvalue weighted by Gasteiger charge is -2.31. The third-order valence-corrected chi connectivity index (χ3v) is 7.27. The Bertz CT molecular complexity index is 999. The molecule has 1 aromatic carbocycles. The van der Waals surface area contributed by atoms with Gasteiger partial charge in [-0.15, -0.1) is 0 Å². The van der Waals surface area contributed by atoms with E-state index in [1.54, 1.807) is 0 Å². The molecule has 1 aliphatic heterocycles. The number of carbonyl (C=O) groups excluding carboxylic acids is 2. The van der Waals surface area contributed by atoms with E-state index in [-0.39, 0.29) is 5.91 Å². The van der Waals surface area contributed by atoms with Gasteiger partial charge in [0.05, 0.1) is 17.5 Å². The quantitative estimate of drug-likeness (QED) is 0.397. The molecule has 0 aliphatic carbocycles. The van der Waals surface area contributed by atoms with Crippen molar-refractivity contribution in [2.24, 2.45) is 5.41 Å². The van der Waals surface area contributed by atoms with Gasteiger partial charge in [0, 0.05) is 25.3 Å². The molecule has 0 fully saturated rings. The lowest BCUT2D eigenvalue weighted by molar-refractivity contribution is -0.123. The molecule has 1 aliphatic rings. The highest BCUT2D eigenvalue weighted by atomic mass is 32.2. The standard InChI is InChI=1S/C25H42N4O4S/c1-8-9-10-11-12-13-14-29-21(28-34(32,33)27-19(4)30)16-20-17(2)15-18(3)22(23(20)29)26-24(31)25(5,6)7/h15,21,28H,8-14,16H2,1-7H3,(H,26,31)(H,27,30)/t21-/m1/s1. The van der Waals surface area contributed by atoms with E-state index in [0.29, 0.717) is 13.0 Å². The molecule has 0 saturated carbocycles. The second kappa shape index (κ2) is 11.5. The fourth-order valence-electron chi connectivity index (χ4n) is 4.33. The molecular weight excluding hydrogens is 452 g/mol. The van der Waals surface area contributed by atoms with Crippen LogP contribution in [0, 0.1) is 19.3 Å². The van der Waals surface area contributed by atoms with Gasteiger partial charge in [-0.05, 0) is 37.0 Å². The third-order valence-electron chi connectivity index (χ3n) is 6.13. The van der Waals surface area contributed by atoms with Crippen molar-refractivity contribution in [3.05, 3.63) is 22.8 Å². The van der Waals surface area contributed by atoms with Gasteiger partial charge in [0.1, 0.15) is 0 Å². The average molecular weight is 495 g/mol. The minimum atomic E-state index is -4.02. The van der Waals surface area contributed by atoms with Crippen LogP contribution in [0.1, 0.15) is 89.8 Å². The van der Waals surface area contributed by atoms with Crippen LogP contribution in [-0.4, -0.2) is 32.9 Å². The van der Waals surface area contributed by atoms with Crippen LogP contribution >= 0.6 is 0 Å². The molecule has 0 aromatic heterocycles. The van der Waals surface area contributed by atoms with Crippen molar-refractivity contribution >= 4 is 33.4 Å². The number of nitrogens with zero attached hydrogens (tertiary/aromatic N) is 1. The van der Waals surface area contributed by atoms with Crippen LogP contribution < -0.4 is 19.7 Å². The Morgan fingerprint density at radius 1 is 1.06 bits per heavy atom. The molecule has 3 N–H and O–H groups in total. The Kier molecular flexibility index (Phi) is 9.53. The molecule has 192 valence electrons. The Morgan fingerprint density at radius 2 is 1.68 bits per heavy atom. The van der Waals surface area contributed by atoms with Crippen molar-refractivity contribution in [3.8, 4) is 0 Å². The summed E-state index contributed by atoms with van der Waals surface area (Å²) in [6, 6.07) is 2.03. The molecule has 0 saturated heterocycles. The summed E-state index contributed by atoms with van der Waals surface area (Å²) in [6.07, 6.45) is 6.58. The predicted molar refractivity (Wildman–Crippen MR) is 138 cm³/mol. The number of hydrogen-bond donors (Lipinski definition) is 3. The molecule has 2 amide bonds. The average Bonchev–Trinajstić information content (AvgIpc) is 3.03. The lowest BCUT2D eigenvalue weighted by Crippen LogP contribution is -2.51. The molecule has 1 heterocycles. The van der Waals surface area contributed by atoms with E-state index in [4.69, 9.17) is 0 Å². The van der Waals surface area contributed by atoms with Gasteiger partial charge in [-0.25, -0.2) is 4.72 Å². The number of aryl methyl sites for hydroxylation is 2. The Balaban J connectivity index is 2.41. The maximum Gasteiger partial charge on any atom is 0.303 e. The number of amides is 2. The van der Waals surface area contributed by atoms with Crippen molar-refractivity contribution in [2.45, 2.75) is 99.6 Å². The molecule has 8 nitrogen and oxygen atoms in total. The molecule has 0 unspecified atom stereocenters. The maximum atomic E-state index is 12.9. The van der Waals surface area contributed by atoms with Crippen LogP contribution in [0.25, 0.3) is 0 Å². The molecular formula is C25H42N4O4S. The van der Waals surface area contributed by atoms with Crippen molar-refractivity contribution in [1.82, 2.24) is 9.44 Å². The minimum Gasteiger partial charge on any atom is -0.353 e. The first-order chi connectivity index (χ1) is 15.8. The minimum absolute atomic E-state index is 0.0940. The number of hydrogen-bond acceptors (Lipinski definition) is 5. The number of fused-ring (bicyclic) bond motifs is 1. The van der Waals surface area contributed by atoms with E-state index in [1.807, 2.05) is 50.3 Å². The van der Waals surface area contributed by atoms with Crippen LogP contribution in [-0.2, 0) is 26.2 Å². The van der Waals surface area contributed by atoms with Crippen LogP contribution in [0.15, 0.2) is 6.07 Å². The smallest absolute Gasteiger partial charge is 0.303 e. The summed E-state index contributed by atoms with van der Waals surface area (Å²) in [6.45, 7) is 13.6. The number of unbranched alkanes of at least 4 members (excludes halogenated alkanes) is 5. The van der Waals surface area contributed by atoms with Gasteiger partial charge in [0.15, 0.2) is 0 Å². The zero-order valence-electron chi connectivity index (χ0n) is 21.8. The summed E-state index contributed by atoms with van der Waals surface area (Å²) in [5.41, 5.74) is 4.03. The topological polar surface area (TPSA) is 108 Å². The first kappa shape index (κ1) is 28.1. The summed E-state index contributed by atoms with van der Waals surface area (Å²) in [7, 11) is -4.02. The number of nitrogens with one attached hydrogen (secondary N) is 3. The zero-order valence-corrected chi connectivity index (χ0v) is 22.6. The van der Waals surface area contributed by atoms with Crippen molar-refractivity contribution in [1.29, 1.82) is 0 Å². The fraction of sp³-hybridized carbons (Fsp3) is 0.680. The Hall–Kier alpha value is -2.13. The van der Waals surface area contributed by atoms with E-state index >= 15 is 0 Å². The van der Waals surface area contributed by atoms with Crippen molar-refractivity contribution < 1.29 is 18.0 Å². The number of rotatable bonds is 11. The maximum absolute atomic E-state index is 12.9. The second-order valence-electron chi connectivity index (χ2n) is 10.4. The molecule has 0 bridgehead atoms. The fourth-order valence-corrected chi connectivity index (χ4v) is 5.34. The molecule has 1 aromatic rings. The van der Waals surface area contributed by atoms with Crippen LogP contribution in [0.5, 0.6) is 0 Å². The summed E-state index contributed by atoms with van der Waals surface area (Å²) in [4.78, 5) is 26.3. The summed E-state index contributed by atoms with van der Waals surface area (Å²) in [5, 5.41) is 3.11. The first-order valence-electron chi connectivity index (χ1n) is 12.3. The van der Waals surface area contributed by atoms with E-state index in [2.05, 4.69) is 17.0 Å². The second-order valence-corrected chi connectivity index (χ2v) is 11.8. The molecule has 1 atom stereocenters. The molecule has 2 rings (SSSR count). The van der Waals surface area contributed by atoms with Crippen LogP contribution in [0.3, 0.4) is 0 Å². The van der Waals surface area contributed by atoms with Crippen molar-refractivity contribution in [3.63, 3.8) is 0 Å². The third kappa shape index (κ3) is 7.43. The van der Waals surface area contributed by atoms with E-state index in [1.165, 1.54) is 26.2 Å².